The smallest absolute Gasteiger partial charge is 0.141 e. The van der Waals surface area contributed by atoms with Crippen LogP contribution in [0.2, 0.25) is 10.0 Å². The van der Waals surface area contributed by atoms with Gasteiger partial charge in [-0.3, -0.25) is 0 Å². The lowest BCUT2D eigenvalue weighted by Gasteiger charge is -2.12. The summed E-state index contributed by atoms with van der Waals surface area (Å²) in [5, 5.41) is 10.8. The summed E-state index contributed by atoms with van der Waals surface area (Å²) in [4.78, 5) is 0. The Hall–Kier alpha value is -1.09. The Morgan fingerprint density at radius 3 is 2.42 bits per heavy atom. The molecule has 1 nitrogen and oxygen atoms in total. The van der Waals surface area contributed by atoms with Crippen LogP contribution < -0.4 is 0 Å². The molecule has 4 heteroatoms. The third-order valence-corrected chi connectivity index (χ3v) is 3.53. The molecule has 0 saturated heterocycles. The van der Waals surface area contributed by atoms with E-state index < -0.39 is 11.9 Å². The number of aliphatic hydroxyl groups is 1. The lowest BCUT2D eigenvalue weighted by atomic mass is 10.0. The minimum atomic E-state index is -0.582. The first-order valence-corrected chi connectivity index (χ1v) is 6.67. The van der Waals surface area contributed by atoms with Crippen molar-refractivity contribution in [1.82, 2.24) is 0 Å². The Balaban J connectivity index is 2.03. The van der Waals surface area contributed by atoms with E-state index in [2.05, 4.69) is 0 Å². The van der Waals surface area contributed by atoms with Crippen molar-refractivity contribution in [3.05, 3.63) is 69.5 Å². The van der Waals surface area contributed by atoms with Crippen molar-refractivity contribution in [3.8, 4) is 0 Å². The molecule has 100 valence electrons. The van der Waals surface area contributed by atoms with Crippen molar-refractivity contribution >= 4 is 23.2 Å². The van der Waals surface area contributed by atoms with Crippen molar-refractivity contribution in [2.75, 3.05) is 0 Å². The number of aliphatic hydroxyl groups excluding tert-OH is 1. The number of rotatable bonds is 4. The number of hydrogen-bond donors (Lipinski definition) is 1. The Bertz CT molecular complexity index is 572. The van der Waals surface area contributed by atoms with Gasteiger partial charge in [-0.1, -0.05) is 47.5 Å². The molecular formula is C15H13Cl2FO. The first-order chi connectivity index (χ1) is 9.06. The Kier molecular flexibility index (Phi) is 4.81. The highest BCUT2D eigenvalue weighted by Gasteiger charge is 2.10. The fourth-order valence-corrected chi connectivity index (χ4v) is 2.34. The average Bonchev–Trinajstić information content (AvgIpc) is 2.37. The van der Waals surface area contributed by atoms with Crippen molar-refractivity contribution in [1.29, 1.82) is 0 Å². The maximum absolute atomic E-state index is 13.0. The molecule has 1 N–H and O–H groups in total. The first kappa shape index (κ1) is 14.3. The summed E-state index contributed by atoms with van der Waals surface area (Å²) in [6.45, 7) is 0. The van der Waals surface area contributed by atoms with Gasteiger partial charge in [0.05, 0.1) is 11.1 Å². The van der Waals surface area contributed by atoms with Crippen LogP contribution in [0.4, 0.5) is 4.39 Å². The van der Waals surface area contributed by atoms with E-state index in [1.165, 1.54) is 12.1 Å². The van der Waals surface area contributed by atoms with E-state index in [1.54, 1.807) is 12.1 Å². The maximum atomic E-state index is 13.0. The molecule has 0 saturated carbocycles. The summed E-state index contributed by atoms with van der Waals surface area (Å²) in [6.07, 6.45) is 0.279. The second-order valence-corrected chi connectivity index (χ2v) is 5.22. The fourth-order valence-electron chi connectivity index (χ4n) is 1.93. The largest absolute Gasteiger partial charge is 0.392 e. The summed E-state index contributed by atoms with van der Waals surface area (Å²) in [5.74, 6) is -0.453. The third-order valence-electron chi connectivity index (χ3n) is 2.87. The molecule has 0 amide bonds. The molecule has 0 bridgehead atoms. The van der Waals surface area contributed by atoms with Crippen LogP contribution in [0.3, 0.4) is 0 Å². The van der Waals surface area contributed by atoms with Crippen LogP contribution >= 0.6 is 23.2 Å². The van der Waals surface area contributed by atoms with Gasteiger partial charge in [0, 0.05) is 11.4 Å². The van der Waals surface area contributed by atoms with Crippen LogP contribution in [0.25, 0.3) is 0 Å². The SMILES string of the molecule is OC(Cc1ccc(F)c(Cl)c1)Cc1ccccc1Cl. The Labute approximate surface area is 121 Å². The second kappa shape index (κ2) is 6.38. The molecule has 2 rings (SSSR count). The molecule has 2 aromatic rings. The number of benzene rings is 2. The summed E-state index contributed by atoms with van der Waals surface area (Å²) < 4.78 is 13.0. The van der Waals surface area contributed by atoms with Gasteiger partial charge >= 0.3 is 0 Å². The quantitative estimate of drug-likeness (QED) is 0.893. The lowest BCUT2D eigenvalue weighted by Crippen LogP contribution is -2.14. The molecule has 0 radical (unpaired) electrons. The Morgan fingerprint density at radius 1 is 1.00 bits per heavy atom. The molecule has 0 aliphatic rings. The molecular weight excluding hydrogens is 286 g/mol. The van der Waals surface area contributed by atoms with Crippen molar-refractivity contribution in [2.24, 2.45) is 0 Å². The summed E-state index contributed by atoms with van der Waals surface area (Å²) >= 11 is 11.7. The van der Waals surface area contributed by atoms with Crippen LogP contribution in [0.1, 0.15) is 11.1 Å². The van der Waals surface area contributed by atoms with Crippen molar-refractivity contribution < 1.29 is 9.50 Å². The highest BCUT2D eigenvalue weighted by molar-refractivity contribution is 6.31. The molecule has 0 spiro atoms. The normalized spacial score (nSPS) is 12.4. The molecule has 0 fully saturated rings. The van der Waals surface area contributed by atoms with Crippen LogP contribution in [-0.2, 0) is 12.8 Å². The monoisotopic (exact) mass is 298 g/mol. The van der Waals surface area contributed by atoms with E-state index in [-0.39, 0.29) is 5.02 Å². The van der Waals surface area contributed by atoms with Crippen LogP contribution in [0, 0.1) is 5.82 Å². The predicted octanol–water partition coefficient (Wildman–Crippen LogP) is 4.28. The summed E-state index contributed by atoms with van der Waals surface area (Å²) in [6, 6.07) is 11.9. The molecule has 0 heterocycles. The van der Waals surface area contributed by atoms with Crippen molar-refractivity contribution in [3.63, 3.8) is 0 Å². The lowest BCUT2D eigenvalue weighted by molar-refractivity contribution is 0.175. The number of halogens is 3. The average molecular weight is 299 g/mol. The van der Waals surface area contributed by atoms with Crippen LogP contribution in [-0.4, -0.2) is 11.2 Å². The summed E-state index contributed by atoms with van der Waals surface area (Å²) in [5.41, 5.74) is 1.69. The standard InChI is InChI=1S/C15H13Cl2FO/c16-13-4-2-1-3-11(13)9-12(19)7-10-5-6-15(18)14(17)8-10/h1-6,8,12,19H,7,9H2. The van der Waals surface area contributed by atoms with E-state index in [1.807, 2.05) is 18.2 Å². The fraction of sp³-hybridized carbons (Fsp3) is 0.200. The maximum Gasteiger partial charge on any atom is 0.141 e. The van der Waals surface area contributed by atoms with Gasteiger partial charge in [-0.25, -0.2) is 4.39 Å². The predicted molar refractivity (Wildman–Crippen MR) is 76.3 cm³/mol. The van der Waals surface area contributed by atoms with Gasteiger partial charge in [0.25, 0.3) is 0 Å². The molecule has 0 aliphatic carbocycles. The van der Waals surface area contributed by atoms with E-state index in [4.69, 9.17) is 23.2 Å². The van der Waals surface area contributed by atoms with E-state index >= 15 is 0 Å². The molecule has 1 unspecified atom stereocenters. The van der Waals surface area contributed by atoms with Gasteiger partial charge in [0.15, 0.2) is 0 Å². The molecule has 0 aromatic heterocycles. The van der Waals surface area contributed by atoms with E-state index in [9.17, 15) is 9.50 Å². The molecule has 2 aromatic carbocycles. The number of hydrogen-bond acceptors (Lipinski definition) is 1. The zero-order valence-corrected chi connectivity index (χ0v) is 11.6. The van der Waals surface area contributed by atoms with Crippen LogP contribution in [0.5, 0.6) is 0 Å². The van der Waals surface area contributed by atoms with Gasteiger partial charge in [0.2, 0.25) is 0 Å². The van der Waals surface area contributed by atoms with Gasteiger partial charge in [-0.15, -0.1) is 0 Å². The zero-order valence-electron chi connectivity index (χ0n) is 10.1. The molecule has 0 aliphatic heterocycles. The minimum Gasteiger partial charge on any atom is -0.392 e. The van der Waals surface area contributed by atoms with Gasteiger partial charge in [0.1, 0.15) is 5.82 Å². The molecule has 1 atom stereocenters. The minimum absolute atomic E-state index is 0.0717. The Morgan fingerprint density at radius 2 is 1.74 bits per heavy atom. The third kappa shape index (κ3) is 3.93. The topological polar surface area (TPSA) is 20.2 Å². The zero-order chi connectivity index (χ0) is 13.8. The van der Waals surface area contributed by atoms with Crippen LogP contribution in [0.15, 0.2) is 42.5 Å². The first-order valence-electron chi connectivity index (χ1n) is 5.91. The summed E-state index contributed by atoms with van der Waals surface area (Å²) in [7, 11) is 0. The highest BCUT2D eigenvalue weighted by atomic mass is 35.5. The van der Waals surface area contributed by atoms with Gasteiger partial charge in [-0.05, 0) is 35.7 Å². The van der Waals surface area contributed by atoms with Gasteiger partial charge in [-0.2, -0.15) is 0 Å². The van der Waals surface area contributed by atoms with E-state index in [0.717, 1.165) is 11.1 Å². The molecule has 19 heavy (non-hydrogen) atoms. The highest BCUT2D eigenvalue weighted by Crippen LogP contribution is 2.20. The van der Waals surface area contributed by atoms with Crippen molar-refractivity contribution in [2.45, 2.75) is 18.9 Å². The van der Waals surface area contributed by atoms with E-state index in [0.29, 0.717) is 17.9 Å². The van der Waals surface area contributed by atoms with Gasteiger partial charge < -0.3 is 5.11 Å². The second-order valence-electron chi connectivity index (χ2n) is 4.40.